The minimum Gasteiger partial charge on any atom is -0.350 e. The van der Waals surface area contributed by atoms with E-state index in [0.29, 0.717) is 17.0 Å². The van der Waals surface area contributed by atoms with Crippen LogP contribution in [0.15, 0.2) is 72.4 Å². The highest BCUT2D eigenvalue weighted by molar-refractivity contribution is 6.46. The van der Waals surface area contributed by atoms with E-state index in [1.165, 1.54) is 4.90 Å². The van der Waals surface area contributed by atoms with Gasteiger partial charge < -0.3 is 5.32 Å². The molecule has 1 aliphatic rings. The quantitative estimate of drug-likeness (QED) is 0.608. The van der Waals surface area contributed by atoms with Crippen LogP contribution in [0.4, 0.5) is 11.4 Å². The lowest BCUT2D eigenvalue weighted by atomic mass is 10.0. The molecule has 0 saturated carbocycles. The van der Waals surface area contributed by atoms with Gasteiger partial charge in [0.2, 0.25) is 0 Å². The molecule has 150 valence electrons. The van der Waals surface area contributed by atoms with E-state index in [1.807, 2.05) is 94.4 Å². The zero-order valence-corrected chi connectivity index (χ0v) is 17.6. The second-order valence-corrected chi connectivity index (χ2v) is 7.72. The number of rotatable bonds is 4. The smallest absolute Gasteiger partial charge is 0.282 e. The van der Waals surface area contributed by atoms with E-state index >= 15 is 0 Å². The fraction of sp³-hybridized carbons (Fsp3) is 0.154. The summed E-state index contributed by atoms with van der Waals surface area (Å²) in [6, 6.07) is 21.0. The maximum atomic E-state index is 13.5. The van der Waals surface area contributed by atoms with Crippen LogP contribution < -0.4 is 10.2 Å². The summed E-state index contributed by atoms with van der Waals surface area (Å²) in [5.41, 5.74) is 6.89. The van der Waals surface area contributed by atoms with Gasteiger partial charge in [0.1, 0.15) is 5.70 Å². The van der Waals surface area contributed by atoms with Crippen LogP contribution in [0.1, 0.15) is 27.8 Å². The summed E-state index contributed by atoms with van der Waals surface area (Å²) in [5, 5.41) is 3.28. The van der Waals surface area contributed by atoms with E-state index in [-0.39, 0.29) is 11.8 Å². The first-order valence-corrected chi connectivity index (χ1v) is 9.97. The normalized spacial score (nSPS) is 13.9. The molecule has 0 aliphatic carbocycles. The minimum absolute atomic E-state index is 0.306. The molecular formula is C26H24N2O2. The van der Waals surface area contributed by atoms with Crippen molar-refractivity contribution in [3.8, 4) is 0 Å². The summed E-state index contributed by atoms with van der Waals surface area (Å²) >= 11 is 0. The average Bonchev–Trinajstić information content (AvgIpc) is 2.97. The zero-order chi connectivity index (χ0) is 21.4. The largest absolute Gasteiger partial charge is 0.350 e. The first-order chi connectivity index (χ1) is 14.4. The van der Waals surface area contributed by atoms with Crippen molar-refractivity contribution in [2.24, 2.45) is 0 Å². The fourth-order valence-electron chi connectivity index (χ4n) is 3.72. The Morgan fingerprint density at radius 2 is 1.47 bits per heavy atom. The van der Waals surface area contributed by atoms with E-state index in [0.717, 1.165) is 33.5 Å². The molecule has 0 spiro atoms. The van der Waals surface area contributed by atoms with Gasteiger partial charge in [-0.05, 0) is 67.6 Å². The lowest BCUT2D eigenvalue weighted by Crippen LogP contribution is -2.33. The molecule has 3 aromatic rings. The Morgan fingerprint density at radius 3 is 2.20 bits per heavy atom. The Labute approximate surface area is 176 Å². The number of nitrogens with one attached hydrogen (secondary N) is 1. The summed E-state index contributed by atoms with van der Waals surface area (Å²) in [6.07, 6.45) is 0. The molecule has 1 aliphatic heterocycles. The van der Waals surface area contributed by atoms with Crippen LogP contribution in [0.3, 0.4) is 0 Å². The topological polar surface area (TPSA) is 49.4 Å². The Hall–Kier alpha value is -3.66. The second-order valence-electron chi connectivity index (χ2n) is 7.72. The Balaban J connectivity index is 1.87. The minimum atomic E-state index is -0.339. The van der Waals surface area contributed by atoms with Gasteiger partial charge in [-0.15, -0.1) is 0 Å². The number of carbonyl (C=O) groups excluding carboxylic acids is 2. The third-order valence-electron chi connectivity index (χ3n) is 5.62. The lowest BCUT2D eigenvalue weighted by Gasteiger charge is -2.19. The predicted octanol–water partition coefficient (Wildman–Crippen LogP) is 5.32. The fourth-order valence-corrected chi connectivity index (χ4v) is 3.72. The average molecular weight is 396 g/mol. The van der Waals surface area contributed by atoms with Gasteiger partial charge in [-0.3, -0.25) is 9.59 Å². The lowest BCUT2D eigenvalue weighted by molar-refractivity contribution is -0.120. The number of aryl methyl sites for hydroxylation is 3. The third kappa shape index (κ3) is 3.30. The molecule has 0 unspecified atom stereocenters. The van der Waals surface area contributed by atoms with Gasteiger partial charge in [0.15, 0.2) is 0 Å². The van der Waals surface area contributed by atoms with Crippen molar-refractivity contribution in [2.75, 3.05) is 10.2 Å². The molecule has 1 N–H and O–H groups in total. The first-order valence-electron chi connectivity index (χ1n) is 9.97. The van der Waals surface area contributed by atoms with Crippen LogP contribution >= 0.6 is 0 Å². The van der Waals surface area contributed by atoms with Gasteiger partial charge in [-0.1, -0.05) is 54.6 Å². The van der Waals surface area contributed by atoms with E-state index < -0.39 is 0 Å². The Morgan fingerprint density at radius 1 is 0.733 bits per heavy atom. The van der Waals surface area contributed by atoms with E-state index in [2.05, 4.69) is 5.32 Å². The summed E-state index contributed by atoms with van der Waals surface area (Å²) in [4.78, 5) is 28.4. The molecule has 4 rings (SSSR count). The summed E-state index contributed by atoms with van der Waals surface area (Å²) in [6.45, 7) is 7.89. The molecule has 0 radical (unpaired) electrons. The molecular weight excluding hydrogens is 372 g/mol. The van der Waals surface area contributed by atoms with E-state index in [4.69, 9.17) is 0 Å². The van der Waals surface area contributed by atoms with Crippen molar-refractivity contribution in [3.05, 3.63) is 100 Å². The number of imide groups is 1. The van der Waals surface area contributed by atoms with Gasteiger partial charge in [0.05, 0.1) is 11.3 Å². The van der Waals surface area contributed by atoms with Crippen LogP contribution in [-0.2, 0) is 9.59 Å². The van der Waals surface area contributed by atoms with Gasteiger partial charge in [0, 0.05) is 5.69 Å². The number of benzene rings is 3. The van der Waals surface area contributed by atoms with Crippen LogP contribution in [0.5, 0.6) is 0 Å². The maximum Gasteiger partial charge on any atom is 0.282 e. The highest BCUT2D eigenvalue weighted by atomic mass is 16.2. The number of anilines is 2. The maximum absolute atomic E-state index is 13.5. The molecule has 0 atom stereocenters. The van der Waals surface area contributed by atoms with Crippen molar-refractivity contribution in [3.63, 3.8) is 0 Å². The molecule has 2 amide bonds. The Kier molecular flexibility index (Phi) is 5.00. The number of amides is 2. The molecule has 0 fully saturated rings. The monoisotopic (exact) mass is 396 g/mol. The third-order valence-corrected chi connectivity index (χ3v) is 5.62. The predicted molar refractivity (Wildman–Crippen MR) is 121 cm³/mol. The molecule has 4 heteroatoms. The number of nitrogens with zero attached hydrogens (tertiary/aromatic N) is 1. The molecule has 0 aromatic heterocycles. The first kappa shape index (κ1) is 19.6. The van der Waals surface area contributed by atoms with E-state index in [9.17, 15) is 9.59 Å². The molecule has 0 saturated heterocycles. The van der Waals surface area contributed by atoms with Gasteiger partial charge in [-0.2, -0.15) is 0 Å². The van der Waals surface area contributed by atoms with Crippen molar-refractivity contribution in [2.45, 2.75) is 27.7 Å². The van der Waals surface area contributed by atoms with Gasteiger partial charge in [0.25, 0.3) is 11.8 Å². The van der Waals surface area contributed by atoms with Crippen LogP contribution in [0.2, 0.25) is 0 Å². The number of hydrogen-bond donors (Lipinski definition) is 1. The van der Waals surface area contributed by atoms with Crippen molar-refractivity contribution in [1.29, 1.82) is 0 Å². The molecule has 0 bridgehead atoms. The van der Waals surface area contributed by atoms with Gasteiger partial charge >= 0.3 is 0 Å². The zero-order valence-electron chi connectivity index (χ0n) is 17.6. The van der Waals surface area contributed by atoms with Crippen LogP contribution in [-0.4, -0.2) is 11.8 Å². The molecule has 3 aromatic carbocycles. The summed E-state index contributed by atoms with van der Waals surface area (Å²) < 4.78 is 0. The summed E-state index contributed by atoms with van der Waals surface area (Å²) in [7, 11) is 0. The number of carbonyl (C=O) groups is 2. The van der Waals surface area contributed by atoms with E-state index in [1.54, 1.807) is 0 Å². The Bertz CT molecular complexity index is 1190. The van der Waals surface area contributed by atoms with Crippen molar-refractivity contribution < 1.29 is 9.59 Å². The van der Waals surface area contributed by atoms with Crippen molar-refractivity contribution >= 4 is 28.8 Å². The van der Waals surface area contributed by atoms with Crippen LogP contribution in [0.25, 0.3) is 5.57 Å². The highest BCUT2D eigenvalue weighted by Gasteiger charge is 2.40. The molecule has 4 nitrogen and oxygen atoms in total. The SMILES string of the molecule is Cc1ccc(C)c(N2C(=O)C(Nc3cccc(C)c3C)=C(c3ccccc3)C2=O)c1. The summed E-state index contributed by atoms with van der Waals surface area (Å²) in [5.74, 6) is -0.652. The van der Waals surface area contributed by atoms with Gasteiger partial charge in [-0.25, -0.2) is 4.90 Å². The number of hydrogen-bond acceptors (Lipinski definition) is 3. The molecule has 30 heavy (non-hydrogen) atoms. The van der Waals surface area contributed by atoms with Crippen LogP contribution in [0, 0.1) is 27.7 Å². The highest BCUT2D eigenvalue weighted by Crippen LogP contribution is 2.36. The van der Waals surface area contributed by atoms with Crippen molar-refractivity contribution in [1.82, 2.24) is 0 Å². The molecule has 1 heterocycles. The second kappa shape index (κ2) is 7.64. The standard InChI is InChI=1S/C26H24N2O2/c1-16-13-14-18(3)22(15-16)28-25(29)23(20-10-6-5-7-11-20)24(26(28)30)27-21-12-8-9-17(2)19(21)4/h5-15,27H,1-4H3.